The summed E-state index contributed by atoms with van der Waals surface area (Å²) < 4.78 is 5.64. The molecule has 3 rings (SSSR count). The van der Waals surface area contributed by atoms with E-state index < -0.39 is 11.8 Å². The van der Waals surface area contributed by atoms with Gasteiger partial charge in [0, 0.05) is 10.0 Å². The molecule has 0 spiro atoms. The third-order valence-corrected chi connectivity index (χ3v) is 4.65. The summed E-state index contributed by atoms with van der Waals surface area (Å²) in [5, 5.41) is 0.482. The predicted octanol–water partition coefficient (Wildman–Crippen LogP) is 5.55. The number of carbonyl (C=O) groups is 2. The van der Waals surface area contributed by atoms with E-state index >= 15 is 0 Å². The van der Waals surface area contributed by atoms with Crippen LogP contribution in [-0.4, -0.2) is 18.4 Å². The van der Waals surface area contributed by atoms with Crippen molar-refractivity contribution in [1.29, 1.82) is 0 Å². The molecule has 0 fully saturated rings. The van der Waals surface area contributed by atoms with Gasteiger partial charge in [-0.05, 0) is 41.8 Å². The Kier molecular flexibility index (Phi) is 5.80. The fourth-order valence-corrected chi connectivity index (χ4v) is 3.43. The molecule has 0 aliphatic carbocycles. The van der Waals surface area contributed by atoms with E-state index in [1.165, 1.54) is 18.2 Å². The van der Waals surface area contributed by atoms with Crippen molar-refractivity contribution in [3.05, 3.63) is 63.1 Å². The van der Waals surface area contributed by atoms with Crippen LogP contribution in [0.1, 0.15) is 19.4 Å². The molecular formula is C20H16Cl3NO3. The molecule has 27 heavy (non-hydrogen) atoms. The summed E-state index contributed by atoms with van der Waals surface area (Å²) in [4.78, 5) is 26.4. The topological polar surface area (TPSA) is 46.6 Å². The molecule has 0 saturated carbocycles. The molecule has 1 aliphatic heterocycles. The van der Waals surface area contributed by atoms with E-state index in [0.717, 1.165) is 4.90 Å². The summed E-state index contributed by atoms with van der Waals surface area (Å²) in [6.07, 6.45) is 0. The molecule has 0 atom stereocenters. The fraction of sp³-hybridized carbons (Fsp3) is 0.200. The van der Waals surface area contributed by atoms with Crippen LogP contribution >= 0.6 is 34.8 Å². The zero-order valence-corrected chi connectivity index (χ0v) is 16.9. The van der Waals surface area contributed by atoms with E-state index in [4.69, 9.17) is 39.5 Å². The second-order valence-corrected chi connectivity index (χ2v) is 7.74. The van der Waals surface area contributed by atoms with Crippen molar-refractivity contribution in [2.75, 3.05) is 11.5 Å². The van der Waals surface area contributed by atoms with Gasteiger partial charge in [-0.1, -0.05) is 60.8 Å². The minimum atomic E-state index is -0.616. The maximum atomic E-state index is 12.9. The van der Waals surface area contributed by atoms with E-state index in [-0.39, 0.29) is 16.3 Å². The van der Waals surface area contributed by atoms with Crippen LogP contribution in [0.4, 0.5) is 5.69 Å². The van der Waals surface area contributed by atoms with Crippen molar-refractivity contribution < 1.29 is 14.3 Å². The number of hydrogen-bond acceptors (Lipinski definition) is 3. The maximum absolute atomic E-state index is 12.9. The first-order chi connectivity index (χ1) is 12.8. The fourth-order valence-electron chi connectivity index (χ4n) is 2.64. The molecule has 1 aliphatic rings. The maximum Gasteiger partial charge on any atom is 0.277 e. The third kappa shape index (κ3) is 4.13. The summed E-state index contributed by atoms with van der Waals surface area (Å²) in [5.74, 6) is -0.0670. The first-order valence-corrected chi connectivity index (χ1v) is 9.39. The highest BCUT2D eigenvalue weighted by molar-refractivity contribution is 6.60. The standard InChI is InChI=1S/C20H16Cl3NO3/c1-11(2)10-27-16-5-3-12(4-6-16)17-18(23)20(26)24(19(17)25)15-8-13(21)7-14(22)9-15/h3-9,11H,10H2,1-2H3. The number of carbonyl (C=O) groups excluding carboxylic acids is 2. The van der Waals surface area contributed by atoms with Gasteiger partial charge in [0.25, 0.3) is 11.8 Å². The minimum Gasteiger partial charge on any atom is -0.493 e. The molecule has 0 bridgehead atoms. The lowest BCUT2D eigenvalue weighted by Gasteiger charge is -2.15. The molecular weight excluding hydrogens is 409 g/mol. The van der Waals surface area contributed by atoms with Crippen molar-refractivity contribution >= 4 is 57.9 Å². The van der Waals surface area contributed by atoms with Gasteiger partial charge in [-0.15, -0.1) is 0 Å². The minimum absolute atomic E-state index is 0.133. The Labute approximate surface area is 172 Å². The van der Waals surface area contributed by atoms with Crippen LogP contribution < -0.4 is 9.64 Å². The van der Waals surface area contributed by atoms with Gasteiger partial charge in [-0.2, -0.15) is 0 Å². The Morgan fingerprint density at radius 1 is 0.926 bits per heavy atom. The lowest BCUT2D eigenvalue weighted by molar-refractivity contribution is -0.119. The number of rotatable bonds is 5. The monoisotopic (exact) mass is 423 g/mol. The van der Waals surface area contributed by atoms with Gasteiger partial charge in [0.2, 0.25) is 0 Å². The summed E-state index contributed by atoms with van der Waals surface area (Å²) in [6.45, 7) is 4.69. The highest BCUT2D eigenvalue weighted by Crippen LogP contribution is 2.37. The van der Waals surface area contributed by atoms with Crippen molar-refractivity contribution in [1.82, 2.24) is 0 Å². The average molecular weight is 425 g/mol. The van der Waals surface area contributed by atoms with Crippen LogP contribution in [0.25, 0.3) is 5.57 Å². The number of imide groups is 1. The van der Waals surface area contributed by atoms with Crippen LogP contribution in [0.3, 0.4) is 0 Å². The SMILES string of the molecule is CC(C)COc1ccc(C2=C(Cl)C(=O)N(c3cc(Cl)cc(Cl)c3)C2=O)cc1. The van der Waals surface area contributed by atoms with Crippen molar-refractivity contribution in [3.63, 3.8) is 0 Å². The second-order valence-electron chi connectivity index (χ2n) is 6.49. The highest BCUT2D eigenvalue weighted by atomic mass is 35.5. The molecule has 0 aromatic heterocycles. The molecule has 0 saturated heterocycles. The lowest BCUT2D eigenvalue weighted by atomic mass is 10.1. The van der Waals surface area contributed by atoms with Crippen molar-refractivity contribution in [3.8, 4) is 5.75 Å². The summed E-state index contributed by atoms with van der Waals surface area (Å²) >= 11 is 18.2. The predicted molar refractivity (Wildman–Crippen MR) is 109 cm³/mol. The van der Waals surface area contributed by atoms with Gasteiger partial charge in [0.1, 0.15) is 10.8 Å². The van der Waals surface area contributed by atoms with Gasteiger partial charge >= 0.3 is 0 Å². The molecule has 0 N–H and O–H groups in total. The number of nitrogens with zero attached hydrogens (tertiary/aromatic N) is 1. The number of halogens is 3. The summed E-state index contributed by atoms with van der Waals surface area (Å²) in [6, 6.07) is 11.4. The van der Waals surface area contributed by atoms with E-state index in [9.17, 15) is 9.59 Å². The van der Waals surface area contributed by atoms with Crippen LogP contribution in [-0.2, 0) is 9.59 Å². The molecule has 0 unspecified atom stereocenters. The first-order valence-electron chi connectivity index (χ1n) is 8.26. The van der Waals surface area contributed by atoms with E-state index in [0.29, 0.717) is 33.9 Å². The van der Waals surface area contributed by atoms with E-state index in [2.05, 4.69) is 13.8 Å². The lowest BCUT2D eigenvalue weighted by Crippen LogP contribution is -2.31. The van der Waals surface area contributed by atoms with Crippen LogP contribution in [0.2, 0.25) is 10.0 Å². The Morgan fingerprint density at radius 3 is 2.07 bits per heavy atom. The molecule has 2 aromatic rings. The zero-order chi connectivity index (χ0) is 19.7. The molecule has 1 heterocycles. The summed E-state index contributed by atoms with van der Waals surface area (Å²) in [7, 11) is 0. The smallest absolute Gasteiger partial charge is 0.277 e. The van der Waals surface area contributed by atoms with Crippen LogP contribution in [0, 0.1) is 5.92 Å². The molecule has 2 amide bonds. The average Bonchev–Trinajstić information content (AvgIpc) is 2.82. The first kappa shape index (κ1) is 19.7. The van der Waals surface area contributed by atoms with E-state index in [1.807, 2.05) is 0 Å². The molecule has 2 aromatic carbocycles. The molecule has 0 radical (unpaired) electrons. The number of anilines is 1. The van der Waals surface area contributed by atoms with Gasteiger partial charge in [-0.3, -0.25) is 9.59 Å². The molecule has 7 heteroatoms. The van der Waals surface area contributed by atoms with E-state index in [1.54, 1.807) is 24.3 Å². The number of benzene rings is 2. The zero-order valence-electron chi connectivity index (χ0n) is 14.6. The second kappa shape index (κ2) is 7.93. The van der Waals surface area contributed by atoms with Gasteiger partial charge in [0.05, 0.1) is 17.9 Å². The Bertz CT molecular complexity index is 916. The number of amides is 2. The van der Waals surface area contributed by atoms with Crippen molar-refractivity contribution in [2.45, 2.75) is 13.8 Å². The summed E-state index contributed by atoms with van der Waals surface area (Å²) in [5.41, 5.74) is 0.937. The molecule has 4 nitrogen and oxygen atoms in total. The van der Waals surface area contributed by atoms with Gasteiger partial charge in [-0.25, -0.2) is 4.90 Å². The Balaban J connectivity index is 1.90. The van der Waals surface area contributed by atoms with Crippen LogP contribution in [0.15, 0.2) is 47.5 Å². The van der Waals surface area contributed by atoms with Crippen molar-refractivity contribution in [2.24, 2.45) is 5.92 Å². The third-order valence-electron chi connectivity index (χ3n) is 3.86. The number of ether oxygens (including phenoxy) is 1. The molecule has 140 valence electrons. The van der Waals surface area contributed by atoms with Gasteiger partial charge in [0.15, 0.2) is 0 Å². The Morgan fingerprint density at radius 2 is 1.52 bits per heavy atom. The largest absolute Gasteiger partial charge is 0.493 e. The Hall–Kier alpha value is -2.01. The van der Waals surface area contributed by atoms with Crippen LogP contribution in [0.5, 0.6) is 5.75 Å². The van der Waals surface area contributed by atoms with Gasteiger partial charge < -0.3 is 4.74 Å². The normalized spacial score (nSPS) is 14.5. The number of hydrogen-bond donors (Lipinski definition) is 0. The highest BCUT2D eigenvalue weighted by Gasteiger charge is 2.39. The quantitative estimate of drug-likeness (QED) is 0.591.